The highest BCUT2D eigenvalue weighted by Crippen LogP contribution is 2.47. The Bertz CT molecular complexity index is 1530. The van der Waals surface area contributed by atoms with Gasteiger partial charge in [-0.05, 0) is 48.7 Å². The molecule has 1 aliphatic heterocycles. The van der Waals surface area contributed by atoms with E-state index in [0.717, 1.165) is 47.9 Å². The molecule has 1 saturated heterocycles. The molecule has 1 aliphatic carbocycles. The minimum absolute atomic E-state index is 0.0168. The standard InChI is InChI=1S/C30H27N3O4/c1-31-24-16-21(8-9-26(24)36-22-11-15-35-30(18-22)12-13-30)23-10-14-32-25-17-27(37-28(23)25)19-4-6-20(7-5-19)29(34)33(2)3/h4-10,14,16-17,22H,11-13,15,18H2,2-3H3. The number of amides is 1. The molecular weight excluding hydrogens is 466 g/mol. The Kier molecular flexibility index (Phi) is 5.69. The molecular formula is C30H27N3O4. The molecule has 2 fully saturated rings. The summed E-state index contributed by atoms with van der Waals surface area (Å²) in [7, 11) is 3.46. The number of fused-ring (bicyclic) bond motifs is 1. The van der Waals surface area contributed by atoms with Crippen molar-refractivity contribution >= 4 is 22.7 Å². The summed E-state index contributed by atoms with van der Waals surface area (Å²) >= 11 is 0. The molecule has 2 aromatic heterocycles. The van der Waals surface area contributed by atoms with E-state index in [1.807, 2.05) is 42.5 Å². The Hall–Kier alpha value is -4.15. The topological polar surface area (TPSA) is 69.2 Å². The molecule has 4 aromatic rings. The third-order valence-electron chi connectivity index (χ3n) is 7.17. The first-order chi connectivity index (χ1) is 17.9. The van der Waals surface area contributed by atoms with Gasteiger partial charge < -0.3 is 18.8 Å². The van der Waals surface area contributed by atoms with Gasteiger partial charge in [0.15, 0.2) is 5.58 Å². The number of carbonyl (C=O) groups is 1. The fraction of sp³-hybridized carbons (Fsp3) is 0.300. The van der Waals surface area contributed by atoms with E-state index < -0.39 is 0 Å². The van der Waals surface area contributed by atoms with E-state index in [0.29, 0.717) is 35.0 Å². The molecule has 0 N–H and O–H groups in total. The normalized spacial score (nSPS) is 17.9. The van der Waals surface area contributed by atoms with Gasteiger partial charge in [-0.2, -0.15) is 0 Å². The lowest BCUT2D eigenvalue weighted by Crippen LogP contribution is -2.34. The average molecular weight is 494 g/mol. The summed E-state index contributed by atoms with van der Waals surface area (Å²) in [5.74, 6) is 1.23. The maximum atomic E-state index is 12.2. The quantitative estimate of drug-likeness (QED) is 0.297. The highest BCUT2D eigenvalue weighted by atomic mass is 16.5. The van der Waals surface area contributed by atoms with Gasteiger partial charge in [0.2, 0.25) is 5.69 Å². The molecule has 186 valence electrons. The number of aromatic nitrogens is 1. The van der Waals surface area contributed by atoms with E-state index in [1.54, 1.807) is 37.3 Å². The van der Waals surface area contributed by atoms with Crippen molar-refractivity contribution in [1.29, 1.82) is 0 Å². The highest BCUT2D eigenvalue weighted by Gasteiger charge is 2.48. The first kappa shape index (κ1) is 23.3. The molecule has 2 aromatic carbocycles. The molecule has 2 aliphatic rings. The summed E-state index contributed by atoms with van der Waals surface area (Å²) in [5, 5.41) is 0. The summed E-state index contributed by atoms with van der Waals surface area (Å²) in [6.07, 6.45) is 5.74. The van der Waals surface area contributed by atoms with Gasteiger partial charge in [0, 0.05) is 55.9 Å². The minimum atomic E-state index is -0.0491. The van der Waals surface area contributed by atoms with Crippen molar-refractivity contribution in [1.82, 2.24) is 9.88 Å². The van der Waals surface area contributed by atoms with Crippen molar-refractivity contribution in [3.8, 4) is 28.2 Å². The van der Waals surface area contributed by atoms with Gasteiger partial charge in [-0.15, -0.1) is 0 Å². The molecule has 1 unspecified atom stereocenters. The second-order valence-electron chi connectivity index (χ2n) is 10.0. The van der Waals surface area contributed by atoms with Crippen LogP contribution in [-0.4, -0.2) is 48.2 Å². The Morgan fingerprint density at radius 2 is 1.89 bits per heavy atom. The van der Waals surface area contributed by atoms with Crippen LogP contribution in [0.4, 0.5) is 5.69 Å². The number of pyridine rings is 1. The summed E-state index contributed by atoms with van der Waals surface area (Å²) < 4.78 is 18.4. The zero-order chi connectivity index (χ0) is 25.6. The van der Waals surface area contributed by atoms with Crippen LogP contribution in [0.15, 0.2) is 65.2 Å². The first-order valence-electron chi connectivity index (χ1n) is 12.5. The lowest BCUT2D eigenvalue weighted by molar-refractivity contribution is -0.0511. The second kappa shape index (κ2) is 9.06. The van der Waals surface area contributed by atoms with Crippen molar-refractivity contribution in [3.63, 3.8) is 0 Å². The zero-order valence-electron chi connectivity index (χ0n) is 20.9. The van der Waals surface area contributed by atoms with Gasteiger partial charge in [0.25, 0.3) is 5.91 Å². The molecule has 0 bridgehead atoms. The zero-order valence-corrected chi connectivity index (χ0v) is 20.9. The van der Waals surface area contributed by atoms with E-state index in [9.17, 15) is 4.79 Å². The number of ether oxygens (including phenoxy) is 2. The molecule has 7 nitrogen and oxygen atoms in total. The van der Waals surface area contributed by atoms with Crippen LogP contribution < -0.4 is 4.74 Å². The van der Waals surface area contributed by atoms with Crippen LogP contribution >= 0.6 is 0 Å². The predicted octanol–water partition coefficient (Wildman–Crippen LogP) is 6.50. The van der Waals surface area contributed by atoms with Crippen LogP contribution in [0.25, 0.3) is 38.4 Å². The van der Waals surface area contributed by atoms with Crippen molar-refractivity contribution < 1.29 is 18.7 Å². The first-order valence-corrected chi connectivity index (χ1v) is 12.5. The molecule has 0 radical (unpaired) electrons. The fourth-order valence-corrected chi connectivity index (χ4v) is 4.97. The summed E-state index contributed by atoms with van der Waals surface area (Å²) in [6.45, 7) is 8.47. The molecule has 7 heteroatoms. The predicted molar refractivity (Wildman–Crippen MR) is 141 cm³/mol. The lowest BCUT2D eigenvalue weighted by atomic mass is 10.0. The second-order valence-corrected chi connectivity index (χ2v) is 10.0. The largest absolute Gasteiger partial charge is 0.501 e. The summed E-state index contributed by atoms with van der Waals surface area (Å²) in [6, 6.07) is 16.8. The van der Waals surface area contributed by atoms with Crippen molar-refractivity contribution in [2.45, 2.75) is 37.4 Å². The third kappa shape index (κ3) is 4.45. The molecule has 1 atom stereocenters. The molecule has 1 spiro atoms. The number of furan rings is 1. The smallest absolute Gasteiger partial charge is 0.253 e. The van der Waals surface area contributed by atoms with Crippen LogP contribution in [0, 0.1) is 6.57 Å². The average Bonchev–Trinajstić information content (AvgIpc) is 3.50. The van der Waals surface area contributed by atoms with Crippen LogP contribution in [0.5, 0.6) is 5.75 Å². The van der Waals surface area contributed by atoms with E-state index >= 15 is 0 Å². The van der Waals surface area contributed by atoms with Crippen molar-refractivity contribution in [3.05, 3.63) is 77.8 Å². The Morgan fingerprint density at radius 1 is 1.11 bits per heavy atom. The van der Waals surface area contributed by atoms with E-state index in [4.69, 9.17) is 20.5 Å². The van der Waals surface area contributed by atoms with Gasteiger partial charge in [0.1, 0.15) is 23.1 Å². The Labute approximate surface area is 215 Å². The molecule has 37 heavy (non-hydrogen) atoms. The minimum Gasteiger partial charge on any atom is -0.501 e. The van der Waals surface area contributed by atoms with Gasteiger partial charge in [-0.25, -0.2) is 4.85 Å². The maximum absolute atomic E-state index is 12.2. The lowest BCUT2D eigenvalue weighted by Gasteiger charge is -2.30. The SMILES string of the molecule is [C-]#[N+]c1cc(-c2ccnc3cc(-c4ccc(C(=O)N(C)C)cc4)oc23)ccc1OC1CCOC2(CC2)C1. The molecule has 6 rings (SSSR count). The Morgan fingerprint density at radius 3 is 2.62 bits per heavy atom. The van der Waals surface area contributed by atoms with E-state index in [-0.39, 0.29) is 17.6 Å². The number of benzene rings is 2. The molecule has 1 amide bonds. The summed E-state index contributed by atoms with van der Waals surface area (Å²) in [4.78, 5) is 22.0. The number of rotatable bonds is 5. The number of carbonyl (C=O) groups excluding carboxylic acids is 1. The van der Waals surface area contributed by atoms with E-state index in [1.165, 1.54) is 0 Å². The number of hydrogen-bond donors (Lipinski definition) is 0. The van der Waals surface area contributed by atoms with Gasteiger partial charge in [-0.1, -0.05) is 18.2 Å². The van der Waals surface area contributed by atoms with Crippen LogP contribution in [0.1, 0.15) is 36.0 Å². The van der Waals surface area contributed by atoms with Gasteiger partial charge in [0.05, 0.1) is 18.8 Å². The van der Waals surface area contributed by atoms with E-state index in [2.05, 4.69) is 9.83 Å². The number of hydrogen-bond acceptors (Lipinski definition) is 5. The van der Waals surface area contributed by atoms with Crippen molar-refractivity contribution in [2.24, 2.45) is 0 Å². The monoisotopic (exact) mass is 493 g/mol. The van der Waals surface area contributed by atoms with Crippen molar-refractivity contribution in [2.75, 3.05) is 20.7 Å². The van der Waals surface area contributed by atoms with Crippen LogP contribution in [0.3, 0.4) is 0 Å². The fourth-order valence-electron chi connectivity index (χ4n) is 4.97. The maximum Gasteiger partial charge on any atom is 0.253 e. The van der Waals surface area contributed by atoms with Gasteiger partial charge in [-0.3, -0.25) is 9.78 Å². The van der Waals surface area contributed by atoms with Crippen LogP contribution in [0.2, 0.25) is 0 Å². The van der Waals surface area contributed by atoms with Crippen LogP contribution in [-0.2, 0) is 4.74 Å². The van der Waals surface area contributed by atoms with Gasteiger partial charge >= 0.3 is 0 Å². The molecule has 3 heterocycles. The third-order valence-corrected chi connectivity index (χ3v) is 7.17. The number of nitrogens with zero attached hydrogens (tertiary/aromatic N) is 3. The molecule has 1 saturated carbocycles. The summed E-state index contributed by atoms with van der Waals surface area (Å²) in [5.41, 5.74) is 5.06. The highest BCUT2D eigenvalue weighted by molar-refractivity contribution is 5.95. The Balaban J connectivity index is 1.29.